The smallest absolute Gasteiger partial charge is 0.308 e. The number of hydrogen-bond donors (Lipinski definition) is 2. The molecule has 0 spiro atoms. The highest BCUT2D eigenvalue weighted by Crippen LogP contribution is 2.28. The number of thiazole rings is 1. The molecule has 44 heavy (non-hydrogen) atoms. The topological polar surface area (TPSA) is 167 Å². The Morgan fingerprint density at radius 1 is 1.14 bits per heavy atom. The molecule has 0 aliphatic carbocycles. The number of carbonyl (C=O) groups excluding carboxylic acids is 3. The molecule has 2 aromatic rings. The van der Waals surface area contributed by atoms with E-state index in [1.165, 1.54) is 7.11 Å². The average Bonchev–Trinajstić information content (AvgIpc) is 3.52. The molecule has 12 nitrogen and oxygen atoms in total. The van der Waals surface area contributed by atoms with Crippen molar-refractivity contribution in [3.63, 3.8) is 0 Å². The largest absolute Gasteiger partial charge is 0.497 e. The number of amides is 2. The first-order valence-corrected chi connectivity index (χ1v) is 15.7. The van der Waals surface area contributed by atoms with Crippen molar-refractivity contribution in [2.24, 2.45) is 22.9 Å². The number of likely N-dealkylation sites (N-methyl/N-ethyl adjacent to an activating group) is 1. The van der Waals surface area contributed by atoms with Gasteiger partial charge in [0, 0.05) is 35.8 Å². The fourth-order valence-electron chi connectivity index (χ4n) is 5.03. The molecule has 1 heterocycles. The molecular weight excluding hydrogens is 584 g/mol. The number of aromatic nitrogens is 1. The SMILES string of the molecule is CCC(C)[C@H](N=[N+]=[N-])C(=O)N(C)C(C[C@@H](O)c1nc(C(=O)N[C@@H](Cc2ccc(OC)cc2)C[C@H](C)C(=O)OC)cs1)C(C)C. The number of azide groups is 1. The van der Waals surface area contributed by atoms with Gasteiger partial charge in [-0.1, -0.05) is 58.3 Å². The number of aliphatic hydroxyl groups excluding tert-OH is 1. The molecule has 1 aromatic carbocycles. The van der Waals surface area contributed by atoms with E-state index < -0.39 is 24.0 Å². The third kappa shape index (κ3) is 10.2. The Bertz CT molecular complexity index is 1280. The van der Waals surface area contributed by atoms with Crippen molar-refractivity contribution in [3.05, 3.63) is 56.4 Å². The number of aliphatic hydroxyl groups is 1. The van der Waals surface area contributed by atoms with E-state index in [0.29, 0.717) is 30.0 Å². The zero-order chi connectivity index (χ0) is 33.0. The zero-order valence-electron chi connectivity index (χ0n) is 26.9. The second kappa shape index (κ2) is 17.6. The molecule has 0 saturated heterocycles. The molecule has 0 saturated carbocycles. The van der Waals surface area contributed by atoms with Gasteiger partial charge in [0.05, 0.1) is 20.1 Å². The van der Waals surface area contributed by atoms with Crippen molar-refractivity contribution >= 4 is 29.1 Å². The quantitative estimate of drug-likeness (QED) is 0.103. The van der Waals surface area contributed by atoms with Crippen molar-refractivity contribution < 1.29 is 29.0 Å². The Labute approximate surface area is 263 Å². The molecule has 0 aliphatic rings. The van der Waals surface area contributed by atoms with Gasteiger partial charge in [0.1, 0.15) is 28.6 Å². The lowest BCUT2D eigenvalue weighted by atomic mass is 9.93. The number of hydrogen-bond acceptors (Lipinski definition) is 9. The van der Waals surface area contributed by atoms with Crippen LogP contribution in [0, 0.1) is 17.8 Å². The van der Waals surface area contributed by atoms with Crippen LogP contribution in [-0.4, -0.2) is 72.2 Å². The van der Waals surface area contributed by atoms with Gasteiger partial charge in [-0.15, -0.1) is 11.3 Å². The van der Waals surface area contributed by atoms with Gasteiger partial charge in [0.2, 0.25) is 5.91 Å². The fraction of sp³-hybridized carbons (Fsp3) is 0.613. The Morgan fingerprint density at radius 2 is 1.80 bits per heavy atom. The number of nitrogens with one attached hydrogen (secondary N) is 1. The van der Waals surface area contributed by atoms with Crippen LogP contribution in [0.25, 0.3) is 10.4 Å². The fourth-order valence-corrected chi connectivity index (χ4v) is 5.83. The summed E-state index contributed by atoms with van der Waals surface area (Å²) in [5.41, 5.74) is 10.1. The number of ether oxygens (including phenoxy) is 2. The van der Waals surface area contributed by atoms with Gasteiger partial charge in [0.15, 0.2) is 0 Å². The van der Waals surface area contributed by atoms with Gasteiger partial charge in [-0.05, 0) is 47.9 Å². The highest BCUT2D eigenvalue weighted by molar-refractivity contribution is 7.09. The number of esters is 1. The Balaban J connectivity index is 2.19. The summed E-state index contributed by atoms with van der Waals surface area (Å²) in [4.78, 5) is 47.5. The predicted molar refractivity (Wildman–Crippen MR) is 169 cm³/mol. The van der Waals surface area contributed by atoms with Crippen LogP contribution < -0.4 is 10.1 Å². The van der Waals surface area contributed by atoms with E-state index in [0.717, 1.165) is 16.9 Å². The number of nitrogens with zero attached hydrogens (tertiary/aromatic N) is 5. The number of benzene rings is 1. The van der Waals surface area contributed by atoms with E-state index in [1.807, 2.05) is 52.0 Å². The van der Waals surface area contributed by atoms with Crippen LogP contribution in [0.3, 0.4) is 0 Å². The molecule has 0 radical (unpaired) electrons. The van der Waals surface area contributed by atoms with E-state index in [4.69, 9.17) is 15.0 Å². The van der Waals surface area contributed by atoms with Gasteiger partial charge >= 0.3 is 5.97 Å². The molecule has 2 rings (SSSR count). The first-order valence-electron chi connectivity index (χ1n) is 14.8. The molecule has 1 aromatic heterocycles. The highest BCUT2D eigenvalue weighted by Gasteiger charge is 2.33. The van der Waals surface area contributed by atoms with Crippen molar-refractivity contribution in [2.45, 2.75) is 84.5 Å². The summed E-state index contributed by atoms with van der Waals surface area (Å²) in [6.45, 7) is 9.45. The van der Waals surface area contributed by atoms with Gasteiger partial charge in [-0.25, -0.2) is 4.98 Å². The van der Waals surface area contributed by atoms with Crippen LogP contribution in [0.15, 0.2) is 34.8 Å². The standard InChI is InChI=1S/C31H46N6O6S/c1-9-19(4)27(35-36-32)30(40)37(6)25(18(2)3)16-26(38)29-34-24(17-44-29)28(39)33-22(14-20(5)31(41)43-8)15-21-10-12-23(42-7)13-11-21/h10-13,17-20,22,25-27,38H,9,14-16H2,1-8H3,(H,33,39)/t19?,20-,22+,25?,26+,27-/m0/s1. The summed E-state index contributed by atoms with van der Waals surface area (Å²) < 4.78 is 10.1. The van der Waals surface area contributed by atoms with Crippen LogP contribution in [0.1, 0.15) is 81.0 Å². The minimum absolute atomic E-state index is 0.0134. The normalized spacial score (nSPS) is 15.2. The van der Waals surface area contributed by atoms with E-state index in [-0.39, 0.29) is 47.9 Å². The van der Waals surface area contributed by atoms with E-state index in [9.17, 15) is 19.5 Å². The second-order valence-corrected chi connectivity index (χ2v) is 12.4. The Kier molecular flexibility index (Phi) is 14.6. The third-order valence-corrected chi connectivity index (χ3v) is 8.90. The van der Waals surface area contributed by atoms with Crippen molar-refractivity contribution in [3.8, 4) is 5.75 Å². The zero-order valence-corrected chi connectivity index (χ0v) is 27.7. The Morgan fingerprint density at radius 3 is 2.34 bits per heavy atom. The summed E-state index contributed by atoms with van der Waals surface area (Å²) in [5.74, 6) is -0.964. The lowest BCUT2D eigenvalue weighted by Gasteiger charge is -2.35. The third-order valence-electron chi connectivity index (χ3n) is 7.95. The maximum atomic E-state index is 13.3. The molecule has 0 fully saturated rings. The minimum Gasteiger partial charge on any atom is -0.497 e. The molecule has 2 amide bonds. The summed E-state index contributed by atoms with van der Waals surface area (Å²) >= 11 is 1.16. The molecule has 6 atom stereocenters. The van der Waals surface area contributed by atoms with Gasteiger partial charge < -0.3 is 24.8 Å². The van der Waals surface area contributed by atoms with Crippen LogP contribution >= 0.6 is 11.3 Å². The first-order chi connectivity index (χ1) is 20.9. The number of rotatable bonds is 17. The maximum absolute atomic E-state index is 13.3. The number of methoxy groups -OCH3 is 2. The molecule has 0 aliphatic heterocycles. The molecule has 2 unspecified atom stereocenters. The van der Waals surface area contributed by atoms with Crippen molar-refractivity contribution in [2.75, 3.05) is 21.3 Å². The molecule has 2 N–H and O–H groups in total. The molecule has 13 heteroatoms. The maximum Gasteiger partial charge on any atom is 0.308 e. The monoisotopic (exact) mass is 630 g/mol. The van der Waals surface area contributed by atoms with Crippen LogP contribution in [0.5, 0.6) is 5.75 Å². The van der Waals surface area contributed by atoms with E-state index >= 15 is 0 Å². The Hall–Kier alpha value is -3.67. The molecule has 0 bridgehead atoms. The van der Waals surface area contributed by atoms with Crippen molar-refractivity contribution in [1.82, 2.24) is 15.2 Å². The lowest BCUT2D eigenvalue weighted by Crippen LogP contribution is -2.47. The van der Waals surface area contributed by atoms with E-state index in [2.05, 4.69) is 20.3 Å². The highest BCUT2D eigenvalue weighted by atomic mass is 32.1. The lowest BCUT2D eigenvalue weighted by molar-refractivity contribution is -0.145. The van der Waals surface area contributed by atoms with Crippen molar-refractivity contribution in [1.29, 1.82) is 0 Å². The summed E-state index contributed by atoms with van der Waals surface area (Å²) in [7, 11) is 4.58. The molecular formula is C31H46N6O6S. The molecule has 242 valence electrons. The van der Waals surface area contributed by atoms with Gasteiger partial charge in [-0.3, -0.25) is 14.4 Å². The predicted octanol–water partition coefficient (Wildman–Crippen LogP) is 5.32. The average molecular weight is 631 g/mol. The van der Waals surface area contributed by atoms with E-state index in [1.54, 1.807) is 31.4 Å². The first kappa shape index (κ1) is 36.5. The van der Waals surface area contributed by atoms with Crippen LogP contribution in [0.4, 0.5) is 0 Å². The number of carbonyl (C=O) groups is 3. The summed E-state index contributed by atoms with van der Waals surface area (Å²) in [6.07, 6.45) is 0.661. The minimum atomic E-state index is -1.03. The summed E-state index contributed by atoms with van der Waals surface area (Å²) in [6, 6.07) is 5.89. The van der Waals surface area contributed by atoms with Crippen LogP contribution in [0.2, 0.25) is 0 Å². The van der Waals surface area contributed by atoms with Gasteiger partial charge in [0.25, 0.3) is 5.91 Å². The van der Waals surface area contributed by atoms with Gasteiger partial charge in [-0.2, -0.15) is 0 Å². The second-order valence-electron chi connectivity index (χ2n) is 11.5. The summed E-state index contributed by atoms with van der Waals surface area (Å²) in [5, 5.41) is 19.8. The van der Waals surface area contributed by atoms with Crippen LogP contribution in [-0.2, 0) is 20.7 Å².